The van der Waals surface area contributed by atoms with E-state index in [9.17, 15) is 8.42 Å². The van der Waals surface area contributed by atoms with Gasteiger partial charge in [-0.3, -0.25) is 0 Å². The van der Waals surface area contributed by atoms with Crippen LogP contribution >= 0.6 is 23.8 Å². The Bertz CT molecular complexity index is 617. The molecule has 0 spiro atoms. The molecule has 96 valence electrons. The van der Waals surface area contributed by atoms with Crippen molar-refractivity contribution in [1.29, 1.82) is 0 Å². The highest BCUT2D eigenvalue weighted by atomic mass is 35.5. The smallest absolute Gasteiger partial charge is 0.174 e. The second kappa shape index (κ2) is 4.08. The summed E-state index contributed by atoms with van der Waals surface area (Å²) in [5.74, 6) is 0.284. The lowest BCUT2D eigenvalue weighted by Gasteiger charge is -2.23. The van der Waals surface area contributed by atoms with E-state index >= 15 is 0 Å². The van der Waals surface area contributed by atoms with E-state index in [0.29, 0.717) is 10.1 Å². The lowest BCUT2D eigenvalue weighted by Crippen LogP contribution is -2.36. The fraction of sp³-hybridized carbons (Fsp3) is 0.364. The van der Waals surface area contributed by atoms with Gasteiger partial charge < -0.3 is 10.2 Å². The summed E-state index contributed by atoms with van der Waals surface area (Å²) >= 11 is 11.2. The van der Waals surface area contributed by atoms with E-state index in [2.05, 4.69) is 5.32 Å². The van der Waals surface area contributed by atoms with Crippen molar-refractivity contribution in [1.82, 2.24) is 5.32 Å². The van der Waals surface area contributed by atoms with Crippen LogP contribution in [0.15, 0.2) is 24.3 Å². The average molecular weight is 303 g/mol. The highest BCUT2D eigenvalue weighted by molar-refractivity contribution is 7.91. The molecule has 0 radical (unpaired) electrons. The van der Waals surface area contributed by atoms with E-state index < -0.39 is 9.84 Å². The van der Waals surface area contributed by atoms with Crippen molar-refractivity contribution in [2.45, 2.75) is 12.1 Å². The first-order valence-corrected chi connectivity index (χ1v) is 8.13. The summed E-state index contributed by atoms with van der Waals surface area (Å²) in [7, 11) is -2.98. The Labute approximate surface area is 116 Å². The molecule has 0 aliphatic carbocycles. The van der Waals surface area contributed by atoms with Crippen molar-refractivity contribution in [3.8, 4) is 0 Å². The zero-order valence-corrected chi connectivity index (χ0v) is 11.7. The molecule has 2 fully saturated rings. The lowest BCUT2D eigenvalue weighted by molar-refractivity contribution is 0.600. The van der Waals surface area contributed by atoms with Gasteiger partial charge in [0.25, 0.3) is 0 Å². The Morgan fingerprint density at radius 2 is 2.17 bits per heavy atom. The number of hydrogen-bond donors (Lipinski definition) is 1. The molecule has 1 aromatic carbocycles. The monoisotopic (exact) mass is 302 g/mol. The SMILES string of the molecule is O=S1(=O)C[C@@H]2NC(=S)N(c3cccc(Cl)c3)[C@H]2C1. The number of halogens is 1. The van der Waals surface area contributed by atoms with Gasteiger partial charge >= 0.3 is 0 Å². The van der Waals surface area contributed by atoms with Crippen LogP contribution in [0.3, 0.4) is 0 Å². The summed E-state index contributed by atoms with van der Waals surface area (Å²) in [6, 6.07) is 7.05. The highest BCUT2D eigenvalue weighted by Crippen LogP contribution is 2.30. The topological polar surface area (TPSA) is 49.4 Å². The van der Waals surface area contributed by atoms with E-state index in [1.807, 2.05) is 17.0 Å². The molecule has 7 heteroatoms. The minimum Gasteiger partial charge on any atom is -0.356 e. The Morgan fingerprint density at radius 3 is 2.89 bits per heavy atom. The van der Waals surface area contributed by atoms with Gasteiger partial charge in [-0.1, -0.05) is 17.7 Å². The molecule has 0 aromatic heterocycles. The maximum Gasteiger partial charge on any atom is 0.174 e. The maximum absolute atomic E-state index is 11.7. The number of benzene rings is 1. The molecule has 4 nitrogen and oxygen atoms in total. The molecule has 2 atom stereocenters. The molecule has 2 heterocycles. The molecular formula is C11H11ClN2O2S2. The van der Waals surface area contributed by atoms with Crippen LogP contribution in [0.4, 0.5) is 5.69 Å². The van der Waals surface area contributed by atoms with Crippen LogP contribution in [-0.2, 0) is 9.84 Å². The quantitative estimate of drug-likeness (QED) is 0.790. The third kappa shape index (κ3) is 1.98. The Balaban J connectivity index is 1.99. The Hall–Kier alpha value is -0.850. The van der Waals surface area contributed by atoms with Gasteiger partial charge in [0.05, 0.1) is 23.6 Å². The zero-order chi connectivity index (χ0) is 12.9. The molecule has 0 amide bonds. The molecule has 2 saturated heterocycles. The maximum atomic E-state index is 11.7. The van der Waals surface area contributed by atoms with Gasteiger partial charge in [-0.15, -0.1) is 0 Å². The molecule has 0 unspecified atom stereocenters. The van der Waals surface area contributed by atoms with Gasteiger partial charge in [-0.05, 0) is 30.4 Å². The van der Waals surface area contributed by atoms with Crippen LogP contribution in [0.2, 0.25) is 5.02 Å². The summed E-state index contributed by atoms with van der Waals surface area (Å²) in [5.41, 5.74) is 0.838. The molecule has 18 heavy (non-hydrogen) atoms. The standard InChI is InChI=1S/C11H11ClN2O2S2/c12-7-2-1-3-8(4-7)14-10-6-18(15,16)5-9(10)13-11(14)17/h1-4,9-10H,5-6H2,(H,13,17)/t9-,10-/m0/s1. The first-order chi connectivity index (χ1) is 8.46. The van der Waals surface area contributed by atoms with Gasteiger partial charge in [0.2, 0.25) is 0 Å². The van der Waals surface area contributed by atoms with Crippen LogP contribution in [0.1, 0.15) is 0 Å². The van der Waals surface area contributed by atoms with E-state index in [0.717, 1.165) is 5.69 Å². The van der Waals surface area contributed by atoms with Crippen molar-refractivity contribution in [3.05, 3.63) is 29.3 Å². The summed E-state index contributed by atoms with van der Waals surface area (Å²) in [5, 5.41) is 4.26. The van der Waals surface area contributed by atoms with Gasteiger partial charge in [-0.2, -0.15) is 0 Å². The molecule has 0 saturated carbocycles. The number of anilines is 1. The Morgan fingerprint density at radius 1 is 1.39 bits per heavy atom. The van der Waals surface area contributed by atoms with E-state index in [4.69, 9.17) is 23.8 Å². The lowest BCUT2D eigenvalue weighted by atomic mass is 10.1. The molecule has 1 N–H and O–H groups in total. The molecule has 1 aromatic rings. The number of sulfone groups is 1. The number of rotatable bonds is 1. The van der Waals surface area contributed by atoms with Crippen molar-refractivity contribution in [3.63, 3.8) is 0 Å². The van der Waals surface area contributed by atoms with E-state index in [-0.39, 0.29) is 23.6 Å². The minimum atomic E-state index is -2.98. The first kappa shape index (κ1) is 12.2. The van der Waals surface area contributed by atoms with Crippen LogP contribution in [0.25, 0.3) is 0 Å². The Kier molecular flexibility index (Phi) is 2.76. The van der Waals surface area contributed by atoms with Gasteiger partial charge in [0.1, 0.15) is 0 Å². The third-order valence-corrected chi connectivity index (χ3v) is 5.53. The molecule has 2 aliphatic heterocycles. The predicted octanol–water partition coefficient (Wildman–Crippen LogP) is 1.20. The van der Waals surface area contributed by atoms with Crippen LogP contribution in [-0.4, -0.2) is 37.1 Å². The number of thiocarbonyl (C=S) groups is 1. The number of nitrogens with zero attached hydrogens (tertiary/aromatic N) is 1. The predicted molar refractivity (Wildman–Crippen MR) is 75.9 cm³/mol. The largest absolute Gasteiger partial charge is 0.356 e. The fourth-order valence-electron chi connectivity index (χ4n) is 2.53. The fourth-order valence-corrected chi connectivity index (χ4v) is 5.00. The van der Waals surface area contributed by atoms with Gasteiger partial charge in [-0.25, -0.2) is 8.42 Å². The molecular weight excluding hydrogens is 292 g/mol. The van der Waals surface area contributed by atoms with Crippen molar-refractivity contribution >= 4 is 44.5 Å². The molecule has 3 rings (SSSR count). The average Bonchev–Trinajstić information content (AvgIpc) is 2.68. The first-order valence-electron chi connectivity index (χ1n) is 5.52. The summed E-state index contributed by atoms with van der Waals surface area (Å²) in [6.45, 7) is 0. The van der Waals surface area contributed by atoms with Crippen LogP contribution < -0.4 is 10.2 Å². The minimum absolute atomic E-state index is 0.110. The van der Waals surface area contributed by atoms with Crippen molar-refractivity contribution in [2.24, 2.45) is 0 Å². The summed E-state index contributed by atoms with van der Waals surface area (Å²) in [4.78, 5) is 1.86. The second-order valence-corrected chi connectivity index (χ2v) is 7.53. The van der Waals surface area contributed by atoms with Crippen LogP contribution in [0.5, 0.6) is 0 Å². The highest BCUT2D eigenvalue weighted by Gasteiger charge is 2.47. The van der Waals surface area contributed by atoms with Gasteiger partial charge in [0, 0.05) is 10.7 Å². The third-order valence-electron chi connectivity index (χ3n) is 3.27. The second-order valence-electron chi connectivity index (χ2n) is 4.55. The van der Waals surface area contributed by atoms with E-state index in [1.54, 1.807) is 12.1 Å². The van der Waals surface area contributed by atoms with Crippen molar-refractivity contribution < 1.29 is 8.42 Å². The zero-order valence-electron chi connectivity index (χ0n) is 9.34. The van der Waals surface area contributed by atoms with E-state index in [1.165, 1.54) is 0 Å². The molecule has 0 bridgehead atoms. The normalized spacial score (nSPS) is 29.2. The number of fused-ring (bicyclic) bond motifs is 1. The van der Waals surface area contributed by atoms with Crippen molar-refractivity contribution in [2.75, 3.05) is 16.4 Å². The summed E-state index contributed by atoms with van der Waals surface area (Å²) < 4.78 is 23.3. The van der Waals surface area contributed by atoms with Crippen LogP contribution in [0, 0.1) is 0 Å². The summed E-state index contributed by atoms with van der Waals surface area (Å²) in [6.07, 6.45) is 0. The number of hydrogen-bond acceptors (Lipinski definition) is 3. The molecule has 2 aliphatic rings. The number of nitrogens with one attached hydrogen (secondary N) is 1. The van der Waals surface area contributed by atoms with Gasteiger partial charge in [0.15, 0.2) is 14.9 Å².